The van der Waals surface area contributed by atoms with E-state index in [4.69, 9.17) is 17.3 Å². The maximum Gasteiger partial charge on any atom is 0.0438 e. The Balaban J connectivity index is 2.13. The van der Waals surface area contributed by atoms with E-state index < -0.39 is 0 Å². The molecule has 0 aliphatic carbocycles. The van der Waals surface area contributed by atoms with E-state index in [2.05, 4.69) is 11.4 Å². The number of thiophene rings is 1. The minimum absolute atomic E-state index is 0.0381. The first kappa shape index (κ1) is 10.7. The molecule has 0 aliphatic rings. The van der Waals surface area contributed by atoms with Gasteiger partial charge in [-0.2, -0.15) is 11.3 Å². The number of hydrogen-bond donors (Lipinski definition) is 1. The monoisotopic (exact) mass is 237 g/mol. The van der Waals surface area contributed by atoms with Crippen molar-refractivity contribution in [2.75, 3.05) is 0 Å². The van der Waals surface area contributed by atoms with Gasteiger partial charge in [0.1, 0.15) is 0 Å². The normalized spacial score (nSPS) is 12.7. The summed E-state index contributed by atoms with van der Waals surface area (Å²) in [5.74, 6) is 0. The average Bonchev–Trinajstić information content (AvgIpc) is 2.74. The van der Waals surface area contributed by atoms with Gasteiger partial charge in [0.2, 0.25) is 0 Å². The number of halogens is 1. The van der Waals surface area contributed by atoms with Crippen LogP contribution >= 0.6 is 22.9 Å². The zero-order chi connectivity index (χ0) is 10.7. The third-order valence-corrected chi connectivity index (χ3v) is 3.44. The van der Waals surface area contributed by atoms with Gasteiger partial charge in [-0.05, 0) is 40.4 Å². The second-order valence-electron chi connectivity index (χ2n) is 3.46. The lowest BCUT2D eigenvalue weighted by molar-refractivity contribution is 0.725. The average molecular weight is 238 g/mol. The van der Waals surface area contributed by atoms with Gasteiger partial charge in [0, 0.05) is 11.1 Å². The number of rotatable bonds is 3. The lowest BCUT2D eigenvalue weighted by Crippen LogP contribution is -2.12. The van der Waals surface area contributed by atoms with Crippen molar-refractivity contribution < 1.29 is 0 Å². The molecule has 0 spiro atoms. The van der Waals surface area contributed by atoms with Gasteiger partial charge < -0.3 is 5.73 Å². The van der Waals surface area contributed by atoms with Crippen molar-refractivity contribution >= 4 is 22.9 Å². The van der Waals surface area contributed by atoms with Crippen LogP contribution in [0.3, 0.4) is 0 Å². The Kier molecular flexibility index (Phi) is 3.41. The molecule has 0 saturated carbocycles. The molecular weight excluding hydrogens is 226 g/mol. The Morgan fingerprint density at radius 1 is 1.27 bits per heavy atom. The zero-order valence-electron chi connectivity index (χ0n) is 8.19. The molecule has 0 bridgehead atoms. The molecular formula is C12H12ClNS. The van der Waals surface area contributed by atoms with E-state index in [1.54, 1.807) is 11.3 Å². The summed E-state index contributed by atoms with van der Waals surface area (Å²) >= 11 is 7.75. The molecule has 0 fully saturated rings. The van der Waals surface area contributed by atoms with Gasteiger partial charge in [-0.1, -0.05) is 29.8 Å². The fourth-order valence-corrected chi connectivity index (χ4v) is 2.44. The largest absolute Gasteiger partial charge is 0.324 e. The van der Waals surface area contributed by atoms with Crippen LogP contribution in [0.25, 0.3) is 0 Å². The van der Waals surface area contributed by atoms with Crippen LogP contribution in [-0.4, -0.2) is 0 Å². The standard InChI is InChI=1S/C12H12ClNS/c13-11-4-2-1-3-9(11)7-12(14)10-5-6-15-8-10/h1-6,8,12H,7,14H2. The third kappa shape index (κ3) is 2.59. The van der Waals surface area contributed by atoms with Gasteiger partial charge >= 0.3 is 0 Å². The minimum atomic E-state index is 0.0381. The fraction of sp³-hybridized carbons (Fsp3) is 0.167. The maximum absolute atomic E-state index is 6.09. The molecule has 3 heteroatoms. The minimum Gasteiger partial charge on any atom is -0.324 e. The Morgan fingerprint density at radius 2 is 2.07 bits per heavy atom. The van der Waals surface area contributed by atoms with Crippen molar-refractivity contribution in [1.82, 2.24) is 0 Å². The van der Waals surface area contributed by atoms with E-state index in [1.807, 2.05) is 29.6 Å². The zero-order valence-corrected chi connectivity index (χ0v) is 9.76. The predicted molar refractivity (Wildman–Crippen MR) is 66.4 cm³/mol. The molecule has 78 valence electrons. The maximum atomic E-state index is 6.09. The Hall–Kier alpha value is -0.830. The summed E-state index contributed by atoms with van der Waals surface area (Å²) in [6, 6.07) is 9.94. The Bertz CT molecular complexity index is 425. The lowest BCUT2D eigenvalue weighted by atomic mass is 10.0. The van der Waals surface area contributed by atoms with Crippen molar-refractivity contribution in [3.8, 4) is 0 Å². The summed E-state index contributed by atoms with van der Waals surface area (Å²) < 4.78 is 0. The molecule has 1 unspecified atom stereocenters. The summed E-state index contributed by atoms with van der Waals surface area (Å²) in [6.07, 6.45) is 0.788. The van der Waals surface area contributed by atoms with E-state index >= 15 is 0 Å². The van der Waals surface area contributed by atoms with Crippen LogP contribution in [0.4, 0.5) is 0 Å². The summed E-state index contributed by atoms with van der Waals surface area (Å²) in [5.41, 5.74) is 8.38. The molecule has 2 N–H and O–H groups in total. The van der Waals surface area contributed by atoms with E-state index in [0.717, 1.165) is 17.0 Å². The highest BCUT2D eigenvalue weighted by molar-refractivity contribution is 7.07. The van der Waals surface area contributed by atoms with Gasteiger partial charge in [-0.25, -0.2) is 0 Å². The van der Waals surface area contributed by atoms with E-state index in [1.165, 1.54) is 5.56 Å². The highest BCUT2D eigenvalue weighted by Crippen LogP contribution is 2.22. The van der Waals surface area contributed by atoms with Crippen LogP contribution in [0.15, 0.2) is 41.1 Å². The number of nitrogens with two attached hydrogens (primary N) is 1. The first-order chi connectivity index (χ1) is 7.27. The fourth-order valence-electron chi connectivity index (χ4n) is 1.50. The van der Waals surface area contributed by atoms with E-state index in [0.29, 0.717) is 0 Å². The van der Waals surface area contributed by atoms with Crippen LogP contribution in [0.1, 0.15) is 17.2 Å². The van der Waals surface area contributed by atoms with Crippen molar-refractivity contribution in [1.29, 1.82) is 0 Å². The van der Waals surface area contributed by atoms with Gasteiger partial charge in [-0.15, -0.1) is 0 Å². The SMILES string of the molecule is NC(Cc1ccccc1Cl)c1ccsc1. The Labute approximate surface area is 98.5 Å². The first-order valence-corrected chi connectivity index (χ1v) is 6.10. The van der Waals surface area contributed by atoms with Gasteiger partial charge in [-0.3, -0.25) is 0 Å². The van der Waals surface area contributed by atoms with Crippen LogP contribution < -0.4 is 5.73 Å². The summed E-state index contributed by atoms with van der Waals surface area (Å²) in [6.45, 7) is 0. The first-order valence-electron chi connectivity index (χ1n) is 4.78. The second-order valence-corrected chi connectivity index (χ2v) is 4.65. The highest BCUT2D eigenvalue weighted by Gasteiger charge is 2.09. The molecule has 1 atom stereocenters. The van der Waals surface area contributed by atoms with E-state index in [9.17, 15) is 0 Å². The van der Waals surface area contributed by atoms with Crippen LogP contribution in [-0.2, 0) is 6.42 Å². The topological polar surface area (TPSA) is 26.0 Å². The van der Waals surface area contributed by atoms with Crippen molar-refractivity contribution in [2.45, 2.75) is 12.5 Å². The third-order valence-electron chi connectivity index (χ3n) is 2.37. The number of benzene rings is 1. The number of hydrogen-bond acceptors (Lipinski definition) is 2. The van der Waals surface area contributed by atoms with Crippen LogP contribution in [0, 0.1) is 0 Å². The van der Waals surface area contributed by atoms with Crippen molar-refractivity contribution in [3.05, 3.63) is 57.2 Å². The molecule has 15 heavy (non-hydrogen) atoms. The quantitative estimate of drug-likeness (QED) is 0.867. The molecule has 0 radical (unpaired) electrons. The molecule has 0 aliphatic heterocycles. The molecule has 1 aromatic carbocycles. The molecule has 1 nitrogen and oxygen atoms in total. The van der Waals surface area contributed by atoms with Gasteiger partial charge in [0.25, 0.3) is 0 Å². The van der Waals surface area contributed by atoms with E-state index in [-0.39, 0.29) is 6.04 Å². The van der Waals surface area contributed by atoms with Gasteiger partial charge in [0.15, 0.2) is 0 Å². The molecule has 1 heterocycles. The van der Waals surface area contributed by atoms with Gasteiger partial charge in [0.05, 0.1) is 0 Å². The molecule has 2 rings (SSSR count). The summed E-state index contributed by atoms with van der Waals surface area (Å²) in [7, 11) is 0. The second kappa shape index (κ2) is 4.79. The highest BCUT2D eigenvalue weighted by atomic mass is 35.5. The Morgan fingerprint density at radius 3 is 2.73 bits per heavy atom. The van der Waals surface area contributed by atoms with Crippen molar-refractivity contribution in [3.63, 3.8) is 0 Å². The molecule has 0 amide bonds. The van der Waals surface area contributed by atoms with Crippen LogP contribution in [0.2, 0.25) is 5.02 Å². The molecule has 1 aromatic heterocycles. The summed E-state index contributed by atoms with van der Waals surface area (Å²) in [5, 5.41) is 4.92. The molecule has 0 saturated heterocycles. The van der Waals surface area contributed by atoms with Crippen LogP contribution in [0.5, 0.6) is 0 Å². The van der Waals surface area contributed by atoms with Crippen molar-refractivity contribution in [2.24, 2.45) is 5.73 Å². The summed E-state index contributed by atoms with van der Waals surface area (Å²) in [4.78, 5) is 0. The predicted octanol–water partition coefficient (Wildman–Crippen LogP) is 3.64. The molecule has 2 aromatic rings. The smallest absolute Gasteiger partial charge is 0.0438 e. The lowest BCUT2D eigenvalue weighted by Gasteiger charge is -2.10.